The molecular weight excluding hydrogens is 464 g/mol. The number of esters is 1. The Morgan fingerprint density at radius 3 is 2.25 bits per heavy atom. The lowest BCUT2D eigenvalue weighted by Crippen LogP contribution is -2.56. The number of nitrogens with one attached hydrogen (secondary N) is 2. The number of ether oxygens (including phenoxy) is 2. The second-order valence-electron chi connectivity index (χ2n) is 8.51. The van der Waals surface area contributed by atoms with Crippen molar-refractivity contribution in [3.8, 4) is 5.75 Å². The molecule has 1 unspecified atom stereocenters. The molecule has 10 nitrogen and oxygen atoms in total. The number of carbonyl (C=O) groups excluding carboxylic acids is 4. The fourth-order valence-electron chi connectivity index (χ4n) is 4.36. The number of hydrogen-bond acceptors (Lipinski definition) is 7. The number of imide groups is 1. The van der Waals surface area contributed by atoms with Crippen molar-refractivity contribution in [3.63, 3.8) is 0 Å². The minimum absolute atomic E-state index is 0.0189. The number of carbonyl (C=O) groups is 4. The maximum absolute atomic E-state index is 12.8. The van der Waals surface area contributed by atoms with Gasteiger partial charge in [0, 0.05) is 18.8 Å². The highest BCUT2D eigenvalue weighted by atomic mass is 16.5. The maximum Gasteiger partial charge on any atom is 0.338 e. The van der Waals surface area contributed by atoms with Crippen LogP contribution in [0.5, 0.6) is 5.75 Å². The molecule has 2 aromatic carbocycles. The summed E-state index contributed by atoms with van der Waals surface area (Å²) < 4.78 is 10.2. The first-order valence-corrected chi connectivity index (χ1v) is 11.5. The highest BCUT2D eigenvalue weighted by Gasteiger charge is 2.36. The van der Waals surface area contributed by atoms with Crippen LogP contribution < -0.4 is 15.4 Å². The van der Waals surface area contributed by atoms with Crippen molar-refractivity contribution in [2.24, 2.45) is 0 Å². The van der Waals surface area contributed by atoms with E-state index < -0.39 is 18.0 Å². The molecule has 1 fully saturated rings. The Balaban J connectivity index is 1.52. The van der Waals surface area contributed by atoms with E-state index in [9.17, 15) is 19.2 Å². The van der Waals surface area contributed by atoms with Gasteiger partial charge in [-0.1, -0.05) is 42.5 Å². The minimum atomic E-state index is -0.773. The molecular formula is C26H28N4O6. The Bertz CT molecular complexity index is 1160. The summed E-state index contributed by atoms with van der Waals surface area (Å²) in [6, 6.07) is 15.3. The molecule has 188 valence electrons. The molecule has 2 N–H and O–H groups in total. The van der Waals surface area contributed by atoms with E-state index in [1.54, 1.807) is 36.3 Å². The van der Waals surface area contributed by atoms with Gasteiger partial charge in [-0.2, -0.15) is 0 Å². The second-order valence-corrected chi connectivity index (χ2v) is 8.51. The van der Waals surface area contributed by atoms with E-state index in [0.717, 1.165) is 5.56 Å². The highest BCUT2D eigenvalue weighted by molar-refractivity contribution is 5.99. The standard InChI is InChI=1S/C26H28N4O6/c1-35-19-10-8-18(9-11-19)24-23(25(33)36-2)20(27-26(34)28-24)14-29-15-21(31)30(22(32)16-29)13-12-17-6-4-3-5-7-17/h3-11,24H,12-16H2,1-2H3,(H2,27,28,34). The van der Waals surface area contributed by atoms with Crippen LogP contribution in [0.15, 0.2) is 65.9 Å². The van der Waals surface area contributed by atoms with Crippen molar-refractivity contribution in [1.82, 2.24) is 20.4 Å². The molecule has 2 aliphatic heterocycles. The zero-order valence-corrected chi connectivity index (χ0v) is 20.2. The number of hydrogen-bond donors (Lipinski definition) is 2. The maximum atomic E-state index is 12.8. The third-order valence-corrected chi connectivity index (χ3v) is 6.18. The van der Waals surface area contributed by atoms with Crippen molar-refractivity contribution >= 4 is 23.8 Å². The van der Waals surface area contributed by atoms with E-state index in [2.05, 4.69) is 10.6 Å². The molecule has 4 rings (SSSR count). The van der Waals surface area contributed by atoms with Gasteiger partial charge in [-0.25, -0.2) is 9.59 Å². The van der Waals surface area contributed by atoms with Gasteiger partial charge in [0.2, 0.25) is 11.8 Å². The lowest BCUT2D eigenvalue weighted by Gasteiger charge is -2.35. The molecule has 0 saturated carbocycles. The van der Waals surface area contributed by atoms with Crippen molar-refractivity contribution in [2.45, 2.75) is 12.5 Å². The molecule has 0 bridgehead atoms. The largest absolute Gasteiger partial charge is 0.497 e. The average Bonchev–Trinajstić information content (AvgIpc) is 2.88. The third kappa shape index (κ3) is 5.55. The van der Waals surface area contributed by atoms with Crippen LogP contribution in [0.4, 0.5) is 4.79 Å². The van der Waals surface area contributed by atoms with Crippen LogP contribution in [-0.2, 0) is 25.5 Å². The molecule has 0 aromatic heterocycles. The van der Waals surface area contributed by atoms with E-state index in [0.29, 0.717) is 24.3 Å². The van der Waals surface area contributed by atoms with E-state index >= 15 is 0 Å². The number of methoxy groups -OCH3 is 2. The van der Waals surface area contributed by atoms with Gasteiger partial charge in [-0.3, -0.25) is 19.4 Å². The molecule has 0 aliphatic carbocycles. The normalized spacial score (nSPS) is 18.6. The van der Waals surface area contributed by atoms with Crippen molar-refractivity contribution < 1.29 is 28.7 Å². The van der Waals surface area contributed by atoms with Crippen molar-refractivity contribution in [1.29, 1.82) is 0 Å². The quantitative estimate of drug-likeness (QED) is 0.422. The lowest BCUT2D eigenvalue weighted by molar-refractivity contribution is -0.151. The summed E-state index contributed by atoms with van der Waals surface area (Å²) >= 11 is 0. The van der Waals surface area contributed by atoms with Crippen LogP contribution in [0.2, 0.25) is 0 Å². The fraction of sp³-hybridized carbons (Fsp3) is 0.308. The van der Waals surface area contributed by atoms with E-state index in [1.165, 1.54) is 12.0 Å². The van der Waals surface area contributed by atoms with Gasteiger partial charge in [0.05, 0.1) is 38.9 Å². The minimum Gasteiger partial charge on any atom is -0.497 e. The van der Waals surface area contributed by atoms with Crippen LogP contribution in [0.1, 0.15) is 17.2 Å². The Labute approximate surface area is 208 Å². The SMILES string of the molecule is COC(=O)C1=C(CN2CC(=O)N(CCc3ccccc3)C(=O)C2)NC(=O)NC1c1ccc(OC)cc1. The lowest BCUT2D eigenvalue weighted by atomic mass is 9.94. The van der Waals surface area contributed by atoms with Gasteiger partial charge in [-0.15, -0.1) is 0 Å². The summed E-state index contributed by atoms with van der Waals surface area (Å²) in [5, 5.41) is 5.41. The van der Waals surface area contributed by atoms with E-state index in [1.807, 2.05) is 30.3 Å². The monoisotopic (exact) mass is 492 g/mol. The van der Waals surface area contributed by atoms with Crippen LogP contribution in [-0.4, -0.2) is 74.0 Å². The van der Waals surface area contributed by atoms with Gasteiger partial charge < -0.3 is 20.1 Å². The Morgan fingerprint density at radius 2 is 1.64 bits per heavy atom. The highest BCUT2D eigenvalue weighted by Crippen LogP contribution is 2.29. The summed E-state index contributed by atoms with van der Waals surface area (Å²) in [6.07, 6.45) is 0.571. The molecule has 2 aromatic rings. The molecule has 36 heavy (non-hydrogen) atoms. The number of urea groups is 1. The number of benzene rings is 2. The summed E-state index contributed by atoms with van der Waals surface area (Å²) in [5.74, 6) is -0.647. The molecule has 1 atom stereocenters. The van der Waals surface area contributed by atoms with Gasteiger partial charge in [0.25, 0.3) is 0 Å². The second kappa shape index (κ2) is 11.0. The predicted octanol–water partition coefficient (Wildman–Crippen LogP) is 1.39. The molecule has 2 aliphatic rings. The average molecular weight is 493 g/mol. The summed E-state index contributed by atoms with van der Waals surface area (Å²) in [4.78, 5) is 53.7. The van der Waals surface area contributed by atoms with E-state index in [4.69, 9.17) is 9.47 Å². The number of piperazine rings is 1. The first-order chi connectivity index (χ1) is 17.4. The number of rotatable bonds is 8. The predicted molar refractivity (Wildman–Crippen MR) is 130 cm³/mol. The Hall–Kier alpha value is -4.18. The topological polar surface area (TPSA) is 117 Å². The van der Waals surface area contributed by atoms with Gasteiger partial charge >= 0.3 is 12.0 Å². The fourth-order valence-corrected chi connectivity index (χ4v) is 4.36. The van der Waals surface area contributed by atoms with Gasteiger partial charge in [-0.05, 0) is 29.7 Å². The summed E-state index contributed by atoms with van der Waals surface area (Å²) in [7, 11) is 2.80. The summed E-state index contributed by atoms with van der Waals surface area (Å²) in [5.41, 5.74) is 2.18. The first-order valence-electron chi connectivity index (χ1n) is 11.5. The van der Waals surface area contributed by atoms with Gasteiger partial charge in [0.1, 0.15) is 5.75 Å². The Morgan fingerprint density at radius 1 is 0.972 bits per heavy atom. The van der Waals surface area contributed by atoms with Crippen molar-refractivity contribution in [2.75, 3.05) is 40.4 Å². The first kappa shape index (κ1) is 24.9. The Kier molecular flexibility index (Phi) is 7.65. The van der Waals surface area contributed by atoms with Crippen LogP contribution >= 0.6 is 0 Å². The third-order valence-electron chi connectivity index (χ3n) is 6.18. The van der Waals surface area contributed by atoms with Gasteiger partial charge in [0.15, 0.2) is 0 Å². The number of amides is 4. The summed E-state index contributed by atoms with van der Waals surface area (Å²) in [6.45, 7) is 0.282. The molecule has 2 heterocycles. The molecule has 10 heteroatoms. The smallest absolute Gasteiger partial charge is 0.338 e. The molecule has 0 spiro atoms. The molecule has 1 saturated heterocycles. The molecule has 4 amide bonds. The molecule has 0 radical (unpaired) electrons. The van der Waals surface area contributed by atoms with Crippen LogP contribution in [0, 0.1) is 0 Å². The van der Waals surface area contributed by atoms with Crippen LogP contribution in [0.25, 0.3) is 0 Å². The zero-order valence-electron chi connectivity index (χ0n) is 20.2. The number of nitrogens with zero attached hydrogens (tertiary/aromatic N) is 2. The van der Waals surface area contributed by atoms with Crippen molar-refractivity contribution in [3.05, 3.63) is 77.0 Å². The van der Waals surface area contributed by atoms with Crippen LogP contribution in [0.3, 0.4) is 0 Å². The van der Waals surface area contributed by atoms with E-state index in [-0.39, 0.29) is 42.7 Å². The zero-order chi connectivity index (χ0) is 25.7.